The number of hydrogen-bond acceptors (Lipinski definition) is 3. The van der Waals surface area contributed by atoms with Crippen molar-refractivity contribution in [2.75, 3.05) is 12.8 Å². The number of thioether (sulfide) groups is 1. The number of halogens is 1. The van der Waals surface area contributed by atoms with Crippen LogP contribution < -0.4 is 10.6 Å². The van der Waals surface area contributed by atoms with Crippen LogP contribution in [0.3, 0.4) is 0 Å². The summed E-state index contributed by atoms with van der Waals surface area (Å²) in [5.41, 5.74) is 0.534. The van der Waals surface area contributed by atoms with E-state index >= 15 is 0 Å². The van der Waals surface area contributed by atoms with Crippen molar-refractivity contribution in [1.82, 2.24) is 10.6 Å². The summed E-state index contributed by atoms with van der Waals surface area (Å²) in [6.45, 7) is 3.64. The fourth-order valence-corrected chi connectivity index (χ4v) is 2.59. The molecule has 1 rings (SSSR count). The third kappa shape index (κ3) is 4.44. The summed E-state index contributed by atoms with van der Waals surface area (Å²) in [7, 11) is 1.53. The third-order valence-corrected chi connectivity index (χ3v) is 3.65. The van der Waals surface area contributed by atoms with Crippen molar-refractivity contribution < 1.29 is 9.59 Å². The maximum Gasteiger partial charge on any atom is 0.253 e. The second kappa shape index (κ2) is 7.40. The van der Waals surface area contributed by atoms with Gasteiger partial charge in [0.15, 0.2) is 0 Å². The van der Waals surface area contributed by atoms with E-state index in [2.05, 4.69) is 10.6 Å². The number of likely N-dealkylation sites (N-methyl/N-ethyl adjacent to an activating group) is 1. The first-order valence-corrected chi connectivity index (χ1v) is 7.30. The predicted molar refractivity (Wildman–Crippen MR) is 78.8 cm³/mol. The molecular weight excluding hydrogens is 284 g/mol. The Morgan fingerprint density at radius 2 is 2.11 bits per heavy atom. The molecule has 4 nitrogen and oxygen atoms in total. The van der Waals surface area contributed by atoms with E-state index in [1.807, 2.05) is 6.92 Å². The normalized spacial score (nSPS) is 11.8. The van der Waals surface area contributed by atoms with E-state index in [1.54, 1.807) is 25.1 Å². The maximum atomic E-state index is 12.1. The Morgan fingerprint density at radius 1 is 1.42 bits per heavy atom. The van der Waals surface area contributed by atoms with Crippen LogP contribution in [0.25, 0.3) is 0 Å². The summed E-state index contributed by atoms with van der Waals surface area (Å²) < 4.78 is 0. The lowest BCUT2D eigenvalue weighted by atomic mass is 10.2. The topological polar surface area (TPSA) is 58.2 Å². The number of rotatable bonds is 5. The van der Waals surface area contributed by atoms with Gasteiger partial charge in [0.1, 0.15) is 6.04 Å². The Hall–Kier alpha value is -1.20. The summed E-state index contributed by atoms with van der Waals surface area (Å²) in [5, 5.41) is 5.74. The minimum Gasteiger partial charge on any atom is -0.357 e. The van der Waals surface area contributed by atoms with Gasteiger partial charge in [-0.3, -0.25) is 9.59 Å². The lowest BCUT2D eigenvalue weighted by Gasteiger charge is -2.14. The van der Waals surface area contributed by atoms with Crippen LogP contribution in [0, 0.1) is 0 Å². The van der Waals surface area contributed by atoms with Crippen LogP contribution in [0.15, 0.2) is 23.1 Å². The molecule has 0 radical (unpaired) electrons. The van der Waals surface area contributed by atoms with E-state index in [0.717, 1.165) is 10.6 Å². The zero-order valence-electron chi connectivity index (χ0n) is 11.1. The Balaban J connectivity index is 2.90. The highest BCUT2D eigenvalue weighted by atomic mass is 35.5. The summed E-state index contributed by atoms with van der Waals surface area (Å²) in [5.74, 6) is 0.335. The first-order valence-electron chi connectivity index (χ1n) is 5.94. The van der Waals surface area contributed by atoms with Gasteiger partial charge in [-0.25, -0.2) is 0 Å². The molecular formula is C13H17ClN2O2S. The zero-order valence-corrected chi connectivity index (χ0v) is 12.7. The first kappa shape index (κ1) is 15.9. The van der Waals surface area contributed by atoms with Gasteiger partial charge in [0.2, 0.25) is 5.91 Å². The molecule has 0 aliphatic heterocycles. The van der Waals surface area contributed by atoms with E-state index in [4.69, 9.17) is 11.6 Å². The van der Waals surface area contributed by atoms with Crippen molar-refractivity contribution in [1.29, 1.82) is 0 Å². The molecule has 1 aromatic carbocycles. The molecule has 2 N–H and O–H groups in total. The SMILES string of the molecule is CCSc1cc(Cl)ccc1C(=O)N[C@H](C)C(=O)NC. The molecule has 6 heteroatoms. The lowest BCUT2D eigenvalue weighted by molar-refractivity contribution is -0.122. The van der Waals surface area contributed by atoms with Crippen LogP contribution >= 0.6 is 23.4 Å². The molecule has 0 aliphatic carbocycles. The molecule has 0 bridgehead atoms. The van der Waals surface area contributed by atoms with Gasteiger partial charge in [-0.1, -0.05) is 18.5 Å². The van der Waals surface area contributed by atoms with Crippen LogP contribution in [-0.2, 0) is 4.79 Å². The predicted octanol–water partition coefficient (Wildman–Crippen LogP) is 2.32. The van der Waals surface area contributed by atoms with E-state index in [9.17, 15) is 9.59 Å². The van der Waals surface area contributed by atoms with Gasteiger partial charge in [-0.15, -0.1) is 11.8 Å². The Bertz CT molecular complexity index is 480. The largest absolute Gasteiger partial charge is 0.357 e. The monoisotopic (exact) mass is 300 g/mol. The molecule has 0 spiro atoms. The molecule has 0 aromatic heterocycles. The van der Waals surface area contributed by atoms with Gasteiger partial charge in [0.25, 0.3) is 5.91 Å². The number of carbonyl (C=O) groups excluding carboxylic acids is 2. The third-order valence-electron chi connectivity index (χ3n) is 2.48. The lowest BCUT2D eigenvalue weighted by Crippen LogP contribution is -2.43. The number of carbonyl (C=O) groups is 2. The minimum absolute atomic E-state index is 0.230. The molecule has 0 aliphatic rings. The van der Waals surface area contributed by atoms with Crippen LogP contribution in [0.2, 0.25) is 5.02 Å². The molecule has 1 atom stereocenters. The molecule has 0 saturated carbocycles. The Kier molecular flexibility index (Phi) is 6.18. The Morgan fingerprint density at radius 3 is 2.68 bits per heavy atom. The van der Waals surface area contributed by atoms with Crippen molar-refractivity contribution in [2.24, 2.45) is 0 Å². The molecule has 1 aromatic rings. The van der Waals surface area contributed by atoms with Gasteiger partial charge < -0.3 is 10.6 Å². The highest BCUT2D eigenvalue weighted by Crippen LogP contribution is 2.26. The highest BCUT2D eigenvalue weighted by Gasteiger charge is 2.17. The number of benzene rings is 1. The maximum absolute atomic E-state index is 12.1. The van der Waals surface area contributed by atoms with Crippen molar-refractivity contribution in [3.8, 4) is 0 Å². The van der Waals surface area contributed by atoms with E-state index in [1.165, 1.54) is 18.8 Å². The smallest absolute Gasteiger partial charge is 0.253 e. The standard InChI is InChI=1S/C13H17ClN2O2S/c1-4-19-11-7-9(14)5-6-10(11)13(18)16-8(2)12(17)15-3/h5-8H,4H2,1-3H3,(H,15,17)(H,16,18)/t8-/m1/s1. The fraction of sp³-hybridized carbons (Fsp3) is 0.385. The van der Waals surface area contributed by atoms with Crippen LogP contribution in [0.1, 0.15) is 24.2 Å². The zero-order chi connectivity index (χ0) is 14.4. The number of amides is 2. The highest BCUT2D eigenvalue weighted by molar-refractivity contribution is 7.99. The number of nitrogens with one attached hydrogen (secondary N) is 2. The molecule has 2 amide bonds. The average molecular weight is 301 g/mol. The van der Waals surface area contributed by atoms with E-state index < -0.39 is 6.04 Å². The van der Waals surface area contributed by atoms with Crippen molar-refractivity contribution in [2.45, 2.75) is 24.8 Å². The van der Waals surface area contributed by atoms with E-state index in [0.29, 0.717) is 10.6 Å². The molecule has 0 fully saturated rings. The quantitative estimate of drug-likeness (QED) is 0.821. The van der Waals surface area contributed by atoms with Gasteiger partial charge in [0.05, 0.1) is 5.56 Å². The minimum atomic E-state index is -0.576. The van der Waals surface area contributed by atoms with Crippen molar-refractivity contribution in [3.63, 3.8) is 0 Å². The molecule has 0 saturated heterocycles. The van der Waals surface area contributed by atoms with Crippen molar-refractivity contribution in [3.05, 3.63) is 28.8 Å². The molecule has 19 heavy (non-hydrogen) atoms. The second-order valence-electron chi connectivity index (χ2n) is 3.88. The first-order chi connectivity index (χ1) is 8.99. The van der Waals surface area contributed by atoms with Crippen LogP contribution in [0.5, 0.6) is 0 Å². The van der Waals surface area contributed by atoms with Gasteiger partial charge >= 0.3 is 0 Å². The average Bonchev–Trinajstić information content (AvgIpc) is 2.38. The van der Waals surface area contributed by atoms with Crippen molar-refractivity contribution >= 4 is 35.2 Å². The van der Waals surface area contributed by atoms with E-state index in [-0.39, 0.29) is 11.8 Å². The molecule has 0 heterocycles. The second-order valence-corrected chi connectivity index (χ2v) is 5.63. The summed E-state index contributed by atoms with van der Waals surface area (Å²) in [4.78, 5) is 24.3. The summed E-state index contributed by atoms with van der Waals surface area (Å²) in [6, 6.07) is 4.52. The Labute approximate surface area is 122 Å². The van der Waals surface area contributed by atoms with Gasteiger partial charge in [0, 0.05) is 17.0 Å². The summed E-state index contributed by atoms with van der Waals surface area (Å²) >= 11 is 7.47. The van der Waals surface area contributed by atoms with Crippen LogP contribution in [0.4, 0.5) is 0 Å². The molecule has 0 unspecified atom stereocenters. The fourth-order valence-electron chi connectivity index (χ4n) is 1.52. The molecule has 104 valence electrons. The number of hydrogen-bond donors (Lipinski definition) is 2. The van der Waals surface area contributed by atoms with Gasteiger partial charge in [-0.05, 0) is 30.9 Å². The van der Waals surface area contributed by atoms with Gasteiger partial charge in [-0.2, -0.15) is 0 Å². The summed E-state index contributed by atoms with van der Waals surface area (Å²) in [6.07, 6.45) is 0. The van der Waals surface area contributed by atoms with Crippen LogP contribution in [-0.4, -0.2) is 30.7 Å².